The topological polar surface area (TPSA) is 82.1 Å². The second kappa shape index (κ2) is 6.43. The zero-order chi connectivity index (χ0) is 13.5. The molecule has 0 atom stereocenters. The lowest BCUT2D eigenvalue weighted by atomic mass is 10.3. The third-order valence-corrected chi connectivity index (χ3v) is 1.83. The summed E-state index contributed by atoms with van der Waals surface area (Å²) in [5.74, 6) is -2.48. The Kier molecular flexibility index (Phi) is 4.91. The van der Waals surface area contributed by atoms with Gasteiger partial charge in [0.15, 0.2) is 24.7 Å². The van der Waals surface area contributed by atoms with Crippen LogP contribution >= 0.6 is 0 Å². The van der Waals surface area contributed by atoms with E-state index in [4.69, 9.17) is 14.6 Å². The van der Waals surface area contributed by atoms with E-state index in [1.54, 1.807) is 0 Å². The van der Waals surface area contributed by atoms with E-state index in [2.05, 4.69) is 4.74 Å². The van der Waals surface area contributed by atoms with Crippen molar-refractivity contribution < 1.29 is 33.3 Å². The van der Waals surface area contributed by atoms with Crippen LogP contribution in [0.15, 0.2) is 18.2 Å². The van der Waals surface area contributed by atoms with E-state index < -0.39 is 24.4 Å². The summed E-state index contributed by atoms with van der Waals surface area (Å²) in [6, 6.07) is 3.30. The number of aliphatic carboxylic acids is 1. The predicted octanol–water partition coefficient (Wildman–Crippen LogP) is 0.841. The van der Waals surface area contributed by atoms with E-state index in [-0.39, 0.29) is 18.1 Å². The third-order valence-electron chi connectivity index (χ3n) is 1.83. The molecule has 0 fully saturated rings. The lowest BCUT2D eigenvalue weighted by Gasteiger charge is -2.10. The smallest absolute Gasteiger partial charge is 0.343 e. The summed E-state index contributed by atoms with van der Waals surface area (Å²) in [6.07, 6.45) is 0. The van der Waals surface area contributed by atoms with E-state index in [0.717, 1.165) is 12.1 Å². The van der Waals surface area contributed by atoms with Gasteiger partial charge in [0.2, 0.25) is 0 Å². The standard InChI is InChI=1S/C11H11FO6/c1-16-11(15)6-18-8-3-2-7(12)4-9(8)17-5-10(13)14/h2-4H,5-6H2,1H3,(H,13,14). The molecule has 7 heteroatoms. The highest BCUT2D eigenvalue weighted by Crippen LogP contribution is 2.27. The predicted molar refractivity (Wildman–Crippen MR) is 57.0 cm³/mol. The minimum Gasteiger partial charge on any atom is -0.479 e. The quantitative estimate of drug-likeness (QED) is 0.761. The van der Waals surface area contributed by atoms with E-state index in [0.29, 0.717) is 0 Å². The fraction of sp³-hybridized carbons (Fsp3) is 0.273. The lowest BCUT2D eigenvalue weighted by molar-refractivity contribution is -0.143. The first-order valence-electron chi connectivity index (χ1n) is 4.86. The number of carbonyl (C=O) groups excluding carboxylic acids is 1. The number of carboxylic acid groups (broad SMARTS) is 1. The average molecular weight is 258 g/mol. The molecular formula is C11H11FO6. The van der Waals surface area contributed by atoms with E-state index in [1.807, 2.05) is 0 Å². The molecule has 0 bridgehead atoms. The number of carboxylic acids is 1. The molecule has 1 aromatic rings. The maximum atomic E-state index is 13.0. The van der Waals surface area contributed by atoms with Crippen molar-refractivity contribution in [3.63, 3.8) is 0 Å². The van der Waals surface area contributed by atoms with Crippen molar-refractivity contribution in [2.24, 2.45) is 0 Å². The van der Waals surface area contributed by atoms with Gasteiger partial charge in [0, 0.05) is 6.07 Å². The molecule has 0 aliphatic carbocycles. The second-order valence-corrected chi connectivity index (χ2v) is 3.14. The average Bonchev–Trinajstić information content (AvgIpc) is 2.34. The van der Waals surface area contributed by atoms with Gasteiger partial charge < -0.3 is 19.3 Å². The highest BCUT2D eigenvalue weighted by atomic mass is 19.1. The van der Waals surface area contributed by atoms with Crippen LogP contribution in [0.5, 0.6) is 11.5 Å². The Morgan fingerprint density at radius 3 is 2.50 bits per heavy atom. The van der Waals surface area contributed by atoms with Crippen LogP contribution in [-0.4, -0.2) is 37.4 Å². The molecule has 0 saturated carbocycles. The number of benzene rings is 1. The molecule has 0 radical (unpaired) electrons. The zero-order valence-electron chi connectivity index (χ0n) is 9.51. The Morgan fingerprint density at radius 1 is 1.22 bits per heavy atom. The number of methoxy groups -OCH3 is 1. The van der Waals surface area contributed by atoms with E-state index in [1.165, 1.54) is 13.2 Å². The van der Waals surface area contributed by atoms with Crippen molar-refractivity contribution in [2.45, 2.75) is 0 Å². The van der Waals surface area contributed by atoms with Crippen molar-refractivity contribution in [3.8, 4) is 11.5 Å². The Morgan fingerprint density at radius 2 is 1.89 bits per heavy atom. The molecule has 18 heavy (non-hydrogen) atoms. The molecule has 0 aliphatic heterocycles. The molecule has 0 unspecified atom stereocenters. The molecule has 0 saturated heterocycles. The summed E-state index contributed by atoms with van der Waals surface area (Å²) >= 11 is 0. The number of halogens is 1. The zero-order valence-corrected chi connectivity index (χ0v) is 9.51. The molecule has 98 valence electrons. The first-order chi connectivity index (χ1) is 8.52. The van der Waals surface area contributed by atoms with E-state index >= 15 is 0 Å². The van der Waals surface area contributed by atoms with Crippen LogP contribution in [-0.2, 0) is 14.3 Å². The van der Waals surface area contributed by atoms with Crippen LogP contribution in [0.25, 0.3) is 0 Å². The molecule has 0 aliphatic rings. The summed E-state index contributed by atoms with van der Waals surface area (Å²) < 4.78 is 27.2. The second-order valence-electron chi connectivity index (χ2n) is 3.14. The van der Waals surface area contributed by atoms with Crippen molar-refractivity contribution in [1.29, 1.82) is 0 Å². The summed E-state index contributed by atoms with van der Waals surface area (Å²) in [6.45, 7) is -1.02. The molecule has 0 spiro atoms. The summed E-state index contributed by atoms with van der Waals surface area (Å²) in [7, 11) is 1.19. The molecule has 0 amide bonds. The van der Waals surface area contributed by atoms with Gasteiger partial charge in [-0.05, 0) is 12.1 Å². The molecular weight excluding hydrogens is 247 g/mol. The normalized spacial score (nSPS) is 9.67. The van der Waals surface area contributed by atoms with Gasteiger partial charge >= 0.3 is 11.9 Å². The van der Waals surface area contributed by atoms with Crippen LogP contribution in [0.4, 0.5) is 4.39 Å². The molecule has 1 rings (SSSR count). The van der Waals surface area contributed by atoms with Crippen molar-refractivity contribution >= 4 is 11.9 Å². The fourth-order valence-electron chi connectivity index (χ4n) is 1.05. The van der Waals surface area contributed by atoms with Gasteiger partial charge in [0.1, 0.15) is 5.82 Å². The molecule has 6 nitrogen and oxygen atoms in total. The number of esters is 1. The fourth-order valence-corrected chi connectivity index (χ4v) is 1.05. The lowest BCUT2D eigenvalue weighted by Crippen LogP contribution is -2.14. The van der Waals surface area contributed by atoms with E-state index in [9.17, 15) is 14.0 Å². The Bertz CT molecular complexity index is 445. The summed E-state index contributed by atoms with van der Waals surface area (Å²) in [5, 5.41) is 8.46. The molecule has 0 heterocycles. The third kappa shape index (κ3) is 4.28. The first kappa shape index (κ1) is 13.8. The Balaban J connectivity index is 2.75. The highest BCUT2D eigenvalue weighted by Gasteiger charge is 2.10. The van der Waals surface area contributed by atoms with Crippen LogP contribution in [0.3, 0.4) is 0 Å². The number of hydrogen-bond acceptors (Lipinski definition) is 5. The molecule has 1 N–H and O–H groups in total. The largest absolute Gasteiger partial charge is 0.479 e. The number of hydrogen-bond donors (Lipinski definition) is 1. The minimum atomic E-state index is -1.21. The monoisotopic (exact) mass is 258 g/mol. The number of rotatable bonds is 6. The van der Waals surface area contributed by atoms with Gasteiger partial charge in [-0.15, -0.1) is 0 Å². The van der Waals surface area contributed by atoms with Crippen molar-refractivity contribution in [2.75, 3.05) is 20.3 Å². The van der Waals surface area contributed by atoms with Gasteiger partial charge in [-0.2, -0.15) is 0 Å². The molecule has 1 aromatic carbocycles. The molecule has 0 aromatic heterocycles. The Labute approximate surface area is 102 Å². The highest BCUT2D eigenvalue weighted by molar-refractivity contribution is 5.71. The number of ether oxygens (including phenoxy) is 3. The van der Waals surface area contributed by atoms with Crippen LogP contribution < -0.4 is 9.47 Å². The van der Waals surface area contributed by atoms with Crippen LogP contribution in [0, 0.1) is 5.82 Å². The van der Waals surface area contributed by atoms with Gasteiger partial charge in [0.05, 0.1) is 7.11 Å². The van der Waals surface area contributed by atoms with Gasteiger partial charge in [-0.3, -0.25) is 0 Å². The van der Waals surface area contributed by atoms with Crippen LogP contribution in [0.2, 0.25) is 0 Å². The maximum absolute atomic E-state index is 13.0. The summed E-state index contributed by atoms with van der Waals surface area (Å²) in [5.41, 5.74) is 0. The van der Waals surface area contributed by atoms with Gasteiger partial charge in [-0.25, -0.2) is 14.0 Å². The SMILES string of the molecule is COC(=O)COc1ccc(F)cc1OCC(=O)O. The maximum Gasteiger partial charge on any atom is 0.343 e. The van der Waals surface area contributed by atoms with Crippen molar-refractivity contribution in [1.82, 2.24) is 0 Å². The van der Waals surface area contributed by atoms with Crippen molar-refractivity contribution in [3.05, 3.63) is 24.0 Å². The first-order valence-corrected chi connectivity index (χ1v) is 4.86. The van der Waals surface area contributed by atoms with Gasteiger partial charge in [-0.1, -0.05) is 0 Å². The minimum absolute atomic E-state index is 0.0584. The summed E-state index contributed by atoms with van der Waals surface area (Å²) in [4.78, 5) is 21.2. The Hall–Kier alpha value is -2.31. The van der Waals surface area contributed by atoms with Crippen LogP contribution in [0.1, 0.15) is 0 Å². The number of carbonyl (C=O) groups is 2. The van der Waals surface area contributed by atoms with Gasteiger partial charge in [0.25, 0.3) is 0 Å².